The molecule has 12 heteroatoms. The normalized spacial score (nSPS) is 15.4. The lowest BCUT2D eigenvalue weighted by molar-refractivity contribution is -0.759. The number of hydrogen-bond acceptors (Lipinski definition) is 8. The molecule has 0 aliphatic carbocycles. The number of piperazine rings is 1. The number of aromatic nitrogens is 2. The van der Waals surface area contributed by atoms with Crippen molar-refractivity contribution in [3.63, 3.8) is 0 Å². The highest BCUT2D eigenvalue weighted by molar-refractivity contribution is 8.14. The van der Waals surface area contributed by atoms with Crippen LogP contribution in [0, 0.1) is 5.82 Å². The molecule has 1 saturated heterocycles. The van der Waals surface area contributed by atoms with Gasteiger partial charge in [-0.25, -0.2) is 4.39 Å². The summed E-state index contributed by atoms with van der Waals surface area (Å²) in [5, 5.41) is 10.6. The molecule has 2 aromatic rings. The summed E-state index contributed by atoms with van der Waals surface area (Å²) < 4.78 is 18.2. The lowest BCUT2D eigenvalue weighted by atomic mass is 10.2. The minimum atomic E-state index is -0.978. The van der Waals surface area contributed by atoms with E-state index >= 15 is 0 Å². The van der Waals surface area contributed by atoms with Gasteiger partial charge >= 0.3 is 5.88 Å². The van der Waals surface area contributed by atoms with Gasteiger partial charge in [-0.05, 0) is 31.3 Å². The van der Waals surface area contributed by atoms with Gasteiger partial charge in [-0.1, -0.05) is 11.8 Å². The van der Waals surface area contributed by atoms with Gasteiger partial charge in [0.15, 0.2) is 0 Å². The van der Waals surface area contributed by atoms with Gasteiger partial charge in [-0.2, -0.15) is 5.01 Å². The van der Waals surface area contributed by atoms with Gasteiger partial charge in [-0.15, -0.1) is 0 Å². The fraction of sp³-hybridized carbons (Fsp3) is 0.421. The fourth-order valence-corrected chi connectivity index (χ4v) is 3.75. The van der Waals surface area contributed by atoms with Crippen molar-refractivity contribution in [2.45, 2.75) is 13.0 Å². The Morgan fingerprint density at radius 3 is 2.55 bits per heavy atom. The van der Waals surface area contributed by atoms with Gasteiger partial charge in [0, 0.05) is 31.3 Å². The molecule has 166 valence electrons. The summed E-state index contributed by atoms with van der Waals surface area (Å²) >= 11 is 0.851. The van der Waals surface area contributed by atoms with E-state index in [0.29, 0.717) is 5.56 Å². The van der Waals surface area contributed by atoms with Crippen LogP contribution in [0.25, 0.3) is 0 Å². The molecule has 1 aromatic heterocycles. The summed E-state index contributed by atoms with van der Waals surface area (Å²) in [5.41, 5.74) is 0.303. The molecule has 1 aliphatic heterocycles. The van der Waals surface area contributed by atoms with Crippen molar-refractivity contribution < 1.29 is 28.1 Å². The van der Waals surface area contributed by atoms with Crippen molar-refractivity contribution in [3.8, 4) is 0 Å². The molecule has 3 rings (SSSR count). The van der Waals surface area contributed by atoms with Crippen molar-refractivity contribution in [2.75, 3.05) is 49.3 Å². The summed E-state index contributed by atoms with van der Waals surface area (Å²) in [6.45, 7) is 4.56. The van der Waals surface area contributed by atoms with Gasteiger partial charge in [0.2, 0.25) is 22.2 Å². The first-order valence-electron chi connectivity index (χ1n) is 9.65. The van der Waals surface area contributed by atoms with E-state index in [1.807, 2.05) is 12.1 Å². The number of nitrogens with zero attached hydrogens (tertiary/aromatic N) is 4. The molecular formula is C19H24FN6O4S+. The van der Waals surface area contributed by atoms with Crippen LogP contribution in [0.2, 0.25) is 0 Å². The van der Waals surface area contributed by atoms with E-state index in [4.69, 9.17) is 4.52 Å². The highest BCUT2D eigenvalue weighted by atomic mass is 32.2. The van der Waals surface area contributed by atoms with Crippen LogP contribution in [0.15, 0.2) is 35.0 Å². The van der Waals surface area contributed by atoms with Gasteiger partial charge in [0.25, 0.3) is 6.20 Å². The Balaban J connectivity index is 1.58. The molecule has 31 heavy (non-hydrogen) atoms. The second-order valence-corrected chi connectivity index (χ2v) is 8.08. The average molecular weight is 452 g/mol. The van der Waals surface area contributed by atoms with E-state index < -0.39 is 23.7 Å². The van der Waals surface area contributed by atoms with Crippen molar-refractivity contribution >= 4 is 34.6 Å². The zero-order valence-corrected chi connectivity index (χ0v) is 18.0. The Labute approximate surface area is 182 Å². The maximum Gasteiger partial charge on any atom is 0.305 e. The Morgan fingerprint density at radius 2 is 1.90 bits per heavy atom. The smallest absolute Gasteiger partial charge is 0.305 e. The van der Waals surface area contributed by atoms with Crippen LogP contribution in [0.5, 0.6) is 0 Å². The second-order valence-electron chi connectivity index (χ2n) is 7.09. The van der Waals surface area contributed by atoms with Crippen LogP contribution in [0.3, 0.4) is 0 Å². The first-order valence-corrected chi connectivity index (χ1v) is 10.6. The molecule has 0 unspecified atom stereocenters. The maximum atomic E-state index is 13.0. The molecule has 1 aromatic carbocycles. The van der Waals surface area contributed by atoms with E-state index in [1.165, 1.54) is 36.0 Å². The average Bonchev–Trinajstić information content (AvgIpc) is 3.20. The third kappa shape index (κ3) is 6.49. The molecule has 10 nitrogen and oxygen atoms in total. The molecule has 0 spiro atoms. The summed E-state index contributed by atoms with van der Waals surface area (Å²) in [6, 6.07) is 4.12. The van der Waals surface area contributed by atoms with E-state index in [9.17, 15) is 18.8 Å². The van der Waals surface area contributed by atoms with E-state index in [0.717, 1.165) is 37.9 Å². The maximum absolute atomic E-state index is 13.0. The van der Waals surface area contributed by atoms with Gasteiger partial charge < -0.3 is 10.2 Å². The number of likely N-dealkylation sites (N-methyl/N-ethyl adjacent to an activating group) is 1. The Morgan fingerprint density at radius 1 is 1.23 bits per heavy atom. The molecule has 0 saturated carbocycles. The van der Waals surface area contributed by atoms with Crippen molar-refractivity contribution in [2.24, 2.45) is 0 Å². The minimum Gasteiger partial charge on any atom is -0.344 e. The lowest BCUT2D eigenvalue weighted by Crippen LogP contribution is -2.65. The molecule has 2 heterocycles. The summed E-state index contributed by atoms with van der Waals surface area (Å²) in [6.07, 6.45) is 1.55. The largest absolute Gasteiger partial charge is 0.344 e. The summed E-state index contributed by atoms with van der Waals surface area (Å²) in [5.74, 6) is -1.29. The highest BCUT2D eigenvalue weighted by Gasteiger charge is 2.27. The summed E-state index contributed by atoms with van der Waals surface area (Å²) in [7, 11) is 2.04. The Hall–Kier alpha value is -2.99. The van der Waals surface area contributed by atoms with Crippen molar-refractivity contribution in [1.82, 2.24) is 15.5 Å². The molecule has 1 fully saturated rings. The number of halogens is 1. The van der Waals surface area contributed by atoms with E-state index in [-0.39, 0.29) is 16.8 Å². The number of thioether (sulfide) groups is 1. The molecule has 2 amide bonds. The zero-order valence-electron chi connectivity index (χ0n) is 17.2. The molecule has 1 aliphatic rings. The Kier molecular flexibility index (Phi) is 7.58. The Bertz CT molecular complexity index is 930. The number of carbonyl (C=O) groups is 3. The molecule has 2 N–H and O–H groups in total. The quantitative estimate of drug-likeness (QED) is 0.566. The van der Waals surface area contributed by atoms with Crippen molar-refractivity contribution in [3.05, 3.63) is 41.8 Å². The van der Waals surface area contributed by atoms with Crippen LogP contribution >= 0.6 is 11.8 Å². The predicted octanol–water partition coefficient (Wildman–Crippen LogP) is 0.00140. The number of rotatable bonds is 7. The monoisotopic (exact) mass is 451 g/mol. The SMILES string of the molecule is CC(=O)N[C@@H](CSC(=O)c1ccc(F)cc1)C(=O)Nc1c[n+](N2CCN(C)CC2)no1. The van der Waals surface area contributed by atoms with E-state index in [2.05, 4.69) is 20.8 Å². The first kappa shape index (κ1) is 22.7. The molecule has 0 radical (unpaired) electrons. The number of carbonyl (C=O) groups excluding carboxylic acids is 3. The number of hydrogen-bond donors (Lipinski definition) is 2. The van der Waals surface area contributed by atoms with Gasteiger partial charge in [-0.3, -0.25) is 24.2 Å². The number of nitrogens with one attached hydrogen (secondary N) is 2. The summed E-state index contributed by atoms with van der Waals surface area (Å²) in [4.78, 5) is 40.2. The van der Waals surface area contributed by atoms with Crippen molar-refractivity contribution in [1.29, 1.82) is 0 Å². The van der Waals surface area contributed by atoms with Crippen LogP contribution in [-0.4, -0.2) is 72.1 Å². The standard InChI is InChI=1S/C19H23FN6O4S/c1-13(27)21-16(12-31-19(29)14-3-5-15(20)6-4-14)18(28)22-17-11-26(23-30-17)25-9-7-24(2)8-10-25/h3-6,11,16H,7-10,12H2,1-2H3,(H-,21,22,23,27,28)/p+1/t16-/m0/s1. The van der Waals surface area contributed by atoms with E-state index in [1.54, 1.807) is 6.20 Å². The zero-order chi connectivity index (χ0) is 22.4. The number of benzene rings is 1. The van der Waals surface area contributed by atoms with Crippen LogP contribution in [-0.2, 0) is 9.59 Å². The van der Waals surface area contributed by atoms with Crippen LogP contribution < -0.4 is 20.4 Å². The number of amides is 2. The number of anilines is 1. The molecule has 0 bridgehead atoms. The molecular weight excluding hydrogens is 427 g/mol. The molecule has 1 atom stereocenters. The third-order valence-corrected chi connectivity index (χ3v) is 5.62. The topological polar surface area (TPSA) is 112 Å². The third-order valence-electron chi connectivity index (χ3n) is 4.63. The van der Waals surface area contributed by atoms with Gasteiger partial charge in [0.05, 0.1) is 17.9 Å². The predicted molar refractivity (Wildman–Crippen MR) is 112 cm³/mol. The first-order chi connectivity index (χ1) is 14.8. The lowest BCUT2D eigenvalue weighted by Gasteiger charge is -2.26. The second kappa shape index (κ2) is 10.4. The van der Waals surface area contributed by atoms with Gasteiger partial charge in [0.1, 0.15) is 11.9 Å². The minimum absolute atomic E-state index is 0.00573. The van der Waals surface area contributed by atoms with Crippen LogP contribution in [0.1, 0.15) is 17.3 Å². The fourth-order valence-electron chi connectivity index (χ4n) is 2.89. The van der Waals surface area contributed by atoms with Crippen LogP contribution in [0.4, 0.5) is 10.3 Å². The highest BCUT2D eigenvalue weighted by Crippen LogP contribution is 2.15.